The van der Waals surface area contributed by atoms with Crippen molar-refractivity contribution in [1.29, 1.82) is 0 Å². The van der Waals surface area contributed by atoms with Gasteiger partial charge in [-0.2, -0.15) is 4.98 Å². The van der Waals surface area contributed by atoms with E-state index in [-0.39, 0.29) is 12.5 Å². The molecule has 6 rings (SSSR count). The van der Waals surface area contributed by atoms with Crippen LogP contribution in [0.15, 0.2) is 43.0 Å². The van der Waals surface area contributed by atoms with Crippen molar-refractivity contribution in [2.45, 2.75) is 42.9 Å². The van der Waals surface area contributed by atoms with Crippen molar-refractivity contribution < 1.29 is 10.2 Å². The zero-order chi connectivity index (χ0) is 25.6. The maximum Gasteiger partial charge on any atom is 0.230 e. The second-order valence-electron chi connectivity index (χ2n) is 10.1. The topological polar surface area (TPSA) is 115 Å². The first-order valence-electron chi connectivity index (χ1n) is 12.7. The van der Waals surface area contributed by atoms with Crippen molar-refractivity contribution in [3.63, 3.8) is 0 Å². The second-order valence-corrected chi connectivity index (χ2v) is 11.5. The van der Waals surface area contributed by atoms with Crippen LogP contribution in [0, 0.1) is 0 Å². The second kappa shape index (κ2) is 9.71. The van der Waals surface area contributed by atoms with Crippen molar-refractivity contribution in [3.05, 3.63) is 43.0 Å². The lowest BCUT2D eigenvalue weighted by Gasteiger charge is -2.36. The van der Waals surface area contributed by atoms with Crippen LogP contribution in [0.3, 0.4) is 0 Å². The Hall–Kier alpha value is -2.99. The van der Waals surface area contributed by atoms with Gasteiger partial charge in [0.2, 0.25) is 11.1 Å². The van der Waals surface area contributed by atoms with Crippen LogP contribution in [-0.4, -0.2) is 83.7 Å². The maximum atomic E-state index is 10.3. The van der Waals surface area contributed by atoms with Gasteiger partial charge in [-0.15, -0.1) is 0 Å². The molecular formula is C26H32N8O2S. The number of nitrogens with zero attached hydrogens (tertiary/aromatic N) is 7. The van der Waals surface area contributed by atoms with Gasteiger partial charge in [0.15, 0.2) is 0 Å². The molecule has 37 heavy (non-hydrogen) atoms. The van der Waals surface area contributed by atoms with Crippen LogP contribution < -0.4 is 10.2 Å². The number of thioether (sulfide) groups is 1. The highest BCUT2D eigenvalue weighted by Crippen LogP contribution is 2.41. The number of aromatic nitrogens is 5. The van der Waals surface area contributed by atoms with E-state index in [1.807, 2.05) is 30.7 Å². The van der Waals surface area contributed by atoms with Crippen LogP contribution in [-0.2, 0) is 0 Å². The summed E-state index contributed by atoms with van der Waals surface area (Å²) in [7, 11) is 4.30. The van der Waals surface area contributed by atoms with Crippen LogP contribution in [0.2, 0.25) is 0 Å². The fraction of sp³-hybridized carbons (Fsp3) is 0.462. The largest absolute Gasteiger partial charge is 0.370 e. The van der Waals surface area contributed by atoms with E-state index in [0.29, 0.717) is 23.6 Å². The van der Waals surface area contributed by atoms with Gasteiger partial charge in [0.05, 0.1) is 23.6 Å². The molecule has 1 atom stereocenters. The predicted octanol–water partition coefficient (Wildman–Crippen LogP) is 3.36. The standard InChI is InChI=1S/C26H32N8O2S/c1-32(2)17-6-10-33(11-7-17)19-3-4-23(28-14-19)30-25-29-15-21-20-5-9-27-16-22(20)34(24(21)31-25)18-8-12-37-26(35,36)13-18/h3-5,9,14-18,35-36H,6-8,10-13H2,1-2H3,(H,28,29,30,31). The summed E-state index contributed by atoms with van der Waals surface area (Å²) in [5, 5.41) is 24.0. The van der Waals surface area contributed by atoms with Gasteiger partial charge < -0.3 is 29.9 Å². The van der Waals surface area contributed by atoms with E-state index < -0.39 is 5.12 Å². The molecule has 0 bridgehead atoms. The summed E-state index contributed by atoms with van der Waals surface area (Å²) in [6, 6.07) is 6.54. The lowest BCUT2D eigenvalue weighted by Crippen LogP contribution is -2.42. The SMILES string of the molecule is CN(C)C1CCN(c2ccc(Nc3ncc4c5ccncc5n(C5CCSC(O)(O)C5)c4n3)nc2)CC1. The smallest absolute Gasteiger partial charge is 0.230 e. The molecule has 194 valence electrons. The lowest BCUT2D eigenvalue weighted by molar-refractivity contribution is -0.0927. The number of anilines is 3. The van der Waals surface area contributed by atoms with E-state index in [4.69, 9.17) is 4.98 Å². The minimum Gasteiger partial charge on any atom is -0.370 e. The van der Waals surface area contributed by atoms with Crippen molar-refractivity contribution in [3.8, 4) is 0 Å². The van der Waals surface area contributed by atoms with Gasteiger partial charge in [-0.1, -0.05) is 11.8 Å². The molecule has 0 radical (unpaired) electrons. The number of rotatable bonds is 5. The number of fused-ring (bicyclic) bond motifs is 3. The summed E-state index contributed by atoms with van der Waals surface area (Å²) < 4.78 is 2.08. The summed E-state index contributed by atoms with van der Waals surface area (Å²) in [6.07, 6.45) is 10.6. The Kier molecular flexibility index (Phi) is 6.39. The van der Waals surface area contributed by atoms with E-state index in [0.717, 1.165) is 60.0 Å². The van der Waals surface area contributed by atoms with Gasteiger partial charge >= 0.3 is 0 Å². The van der Waals surface area contributed by atoms with E-state index >= 15 is 0 Å². The van der Waals surface area contributed by atoms with E-state index in [1.54, 1.807) is 6.20 Å². The molecule has 3 N–H and O–H groups in total. The summed E-state index contributed by atoms with van der Waals surface area (Å²) in [5.74, 6) is 1.77. The number of hydrogen-bond donors (Lipinski definition) is 3. The van der Waals surface area contributed by atoms with E-state index in [1.165, 1.54) is 11.8 Å². The summed E-state index contributed by atoms with van der Waals surface area (Å²) in [5.41, 5.74) is 2.78. The van der Waals surface area contributed by atoms with Crippen molar-refractivity contribution >= 4 is 51.2 Å². The van der Waals surface area contributed by atoms with Crippen molar-refractivity contribution in [2.75, 3.05) is 43.2 Å². The van der Waals surface area contributed by atoms with Crippen molar-refractivity contribution in [2.24, 2.45) is 0 Å². The molecule has 0 aliphatic carbocycles. The summed E-state index contributed by atoms with van der Waals surface area (Å²) >= 11 is 1.17. The zero-order valence-corrected chi connectivity index (χ0v) is 21.9. The van der Waals surface area contributed by atoms with Gasteiger partial charge in [0.25, 0.3) is 0 Å². The molecule has 2 aliphatic heterocycles. The first-order chi connectivity index (χ1) is 17.9. The van der Waals surface area contributed by atoms with Gasteiger partial charge in [-0.25, -0.2) is 9.97 Å². The molecule has 1 unspecified atom stereocenters. The number of aliphatic hydroxyl groups is 2. The minimum atomic E-state index is -1.75. The first kappa shape index (κ1) is 24.4. The van der Waals surface area contributed by atoms with Crippen LogP contribution >= 0.6 is 11.8 Å². The van der Waals surface area contributed by atoms with Gasteiger partial charge in [-0.05, 0) is 51.6 Å². The summed E-state index contributed by atoms with van der Waals surface area (Å²) in [6.45, 7) is 2.05. The molecule has 4 aromatic heterocycles. The maximum absolute atomic E-state index is 10.3. The quantitative estimate of drug-likeness (QED) is 0.338. The lowest BCUT2D eigenvalue weighted by atomic mass is 10.0. The Morgan fingerprint density at radius 2 is 1.86 bits per heavy atom. The molecule has 0 aromatic carbocycles. The molecule has 0 saturated carbocycles. The molecular weight excluding hydrogens is 488 g/mol. The van der Waals surface area contributed by atoms with Crippen LogP contribution in [0.25, 0.3) is 21.9 Å². The average Bonchev–Trinajstić information content (AvgIpc) is 3.22. The molecule has 10 nitrogen and oxygen atoms in total. The Bertz CT molecular complexity index is 1400. The van der Waals surface area contributed by atoms with Crippen LogP contribution in [0.5, 0.6) is 0 Å². The van der Waals surface area contributed by atoms with E-state index in [2.05, 4.69) is 54.8 Å². The highest BCUT2D eigenvalue weighted by atomic mass is 32.2. The fourth-order valence-electron chi connectivity index (χ4n) is 5.55. The van der Waals surface area contributed by atoms with Gasteiger partial charge in [0.1, 0.15) is 11.5 Å². The Labute approximate surface area is 219 Å². The predicted molar refractivity (Wildman–Crippen MR) is 147 cm³/mol. The third kappa shape index (κ3) is 4.84. The Morgan fingerprint density at radius 3 is 2.59 bits per heavy atom. The van der Waals surface area contributed by atoms with Crippen LogP contribution in [0.1, 0.15) is 31.7 Å². The van der Waals surface area contributed by atoms with Crippen molar-refractivity contribution in [1.82, 2.24) is 29.4 Å². The third-order valence-electron chi connectivity index (χ3n) is 7.55. The number of hydrogen-bond acceptors (Lipinski definition) is 10. The molecule has 2 aliphatic rings. The molecule has 11 heteroatoms. The highest BCUT2D eigenvalue weighted by Gasteiger charge is 2.35. The average molecular weight is 521 g/mol. The molecule has 0 amide bonds. The zero-order valence-electron chi connectivity index (χ0n) is 21.1. The molecule has 6 heterocycles. The number of piperidine rings is 1. The highest BCUT2D eigenvalue weighted by molar-refractivity contribution is 8.00. The fourth-order valence-corrected chi connectivity index (χ4v) is 6.57. The van der Waals surface area contributed by atoms with E-state index in [9.17, 15) is 10.2 Å². The Morgan fingerprint density at radius 1 is 1.03 bits per heavy atom. The number of nitrogens with one attached hydrogen (secondary N) is 1. The minimum absolute atomic E-state index is 0.114. The first-order valence-corrected chi connectivity index (χ1v) is 13.7. The van der Waals surface area contributed by atoms with Gasteiger partial charge in [-0.3, -0.25) is 4.98 Å². The molecule has 4 aromatic rings. The summed E-state index contributed by atoms with van der Waals surface area (Å²) in [4.78, 5) is 23.1. The van der Waals surface area contributed by atoms with Crippen LogP contribution in [0.4, 0.5) is 17.5 Å². The van der Waals surface area contributed by atoms with Gasteiger partial charge in [0, 0.05) is 60.5 Å². The third-order valence-corrected chi connectivity index (χ3v) is 8.61. The normalized spacial score (nSPS) is 20.7. The molecule has 2 fully saturated rings. The Balaban J connectivity index is 1.26. The number of pyridine rings is 2. The molecule has 2 saturated heterocycles. The molecule has 0 spiro atoms. The monoisotopic (exact) mass is 520 g/mol.